The van der Waals surface area contributed by atoms with E-state index in [4.69, 9.17) is 25.8 Å². The molecule has 2 aromatic rings. The van der Waals surface area contributed by atoms with Gasteiger partial charge in [-0.1, -0.05) is 29.8 Å². The van der Waals surface area contributed by atoms with Crippen molar-refractivity contribution in [3.63, 3.8) is 0 Å². The molecule has 1 fully saturated rings. The Bertz CT molecular complexity index is 881. The maximum Gasteiger partial charge on any atom is 0.342 e. The van der Waals surface area contributed by atoms with Crippen LogP contribution in [0.5, 0.6) is 11.5 Å². The van der Waals surface area contributed by atoms with Crippen molar-refractivity contribution in [3.8, 4) is 11.5 Å². The van der Waals surface area contributed by atoms with Crippen LogP contribution in [0.2, 0.25) is 5.02 Å². The first-order chi connectivity index (χ1) is 14.0. The van der Waals surface area contributed by atoms with Crippen molar-refractivity contribution in [1.29, 1.82) is 0 Å². The van der Waals surface area contributed by atoms with Crippen LogP contribution in [0.1, 0.15) is 10.4 Å². The summed E-state index contributed by atoms with van der Waals surface area (Å²) in [4.78, 5) is 28.7. The number of hydrogen-bond acceptors (Lipinski definition) is 6. The molecule has 0 radical (unpaired) electrons. The molecule has 0 saturated carbocycles. The van der Waals surface area contributed by atoms with Crippen LogP contribution in [0.4, 0.5) is 5.69 Å². The Morgan fingerprint density at radius 2 is 1.69 bits per heavy atom. The summed E-state index contributed by atoms with van der Waals surface area (Å²) in [5.74, 6) is -0.174. The molecule has 0 bridgehead atoms. The Morgan fingerprint density at radius 3 is 2.34 bits per heavy atom. The molecule has 0 spiro atoms. The summed E-state index contributed by atoms with van der Waals surface area (Å²) in [5.41, 5.74) is 1.17. The van der Waals surface area contributed by atoms with Gasteiger partial charge in [0.1, 0.15) is 5.56 Å². The third-order valence-corrected chi connectivity index (χ3v) is 5.09. The molecule has 0 N–H and O–H groups in total. The fourth-order valence-corrected chi connectivity index (χ4v) is 3.50. The van der Waals surface area contributed by atoms with Crippen molar-refractivity contribution in [1.82, 2.24) is 4.90 Å². The van der Waals surface area contributed by atoms with Gasteiger partial charge in [0.15, 0.2) is 18.1 Å². The number of para-hydroxylation sites is 2. The van der Waals surface area contributed by atoms with Crippen LogP contribution in [0.3, 0.4) is 0 Å². The van der Waals surface area contributed by atoms with E-state index in [1.165, 1.54) is 14.2 Å². The first-order valence-corrected chi connectivity index (χ1v) is 9.58. The number of esters is 1. The third-order valence-electron chi connectivity index (χ3n) is 4.78. The van der Waals surface area contributed by atoms with Crippen LogP contribution in [0.25, 0.3) is 0 Å². The molecule has 2 aromatic carbocycles. The Hall–Kier alpha value is -2.93. The van der Waals surface area contributed by atoms with Crippen LogP contribution in [-0.2, 0) is 9.53 Å². The van der Waals surface area contributed by atoms with Gasteiger partial charge in [0.25, 0.3) is 5.91 Å². The second-order valence-electron chi connectivity index (χ2n) is 6.44. The molecule has 1 heterocycles. The summed E-state index contributed by atoms with van der Waals surface area (Å²) in [6.07, 6.45) is 0. The zero-order valence-corrected chi connectivity index (χ0v) is 17.1. The summed E-state index contributed by atoms with van der Waals surface area (Å²) in [6, 6.07) is 12.5. The molecule has 1 saturated heterocycles. The molecule has 7 nitrogen and oxygen atoms in total. The molecule has 1 aliphatic rings. The number of anilines is 1. The van der Waals surface area contributed by atoms with E-state index in [2.05, 4.69) is 4.90 Å². The van der Waals surface area contributed by atoms with E-state index in [-0.39, 0.29) is 23.8 Å². The van der Waals surface area contributed by atoms with Crippen LogP contribution < -0.4 is 14.4 Å². The van der Waals surface area contributed by atoms with E-state index in [1.807, 2.05) is 24.3 Å². The van der Waals surface area contributed by atoms with Crippen LogP contribution >= 0.6 is 11.6 Å². The van der Waals surface area contributed by atoms with Crippen LogP contribution in [0.15, 0.2) is 42.5 Å². The summed E-state index contributed by atoms with van der Waals surface area (Å²) in [5, 5.41) is 0.688. The Kier molecular flexibility index (Phi) is 6.82. The minimum atomic E-state index is -0.635. The third kappa shape index (κ3) is 4.74. The average molecular weight is 419 g/mol. The first-order valence-electron chi connectivity index (χ1n) is 9.20. The maximum atomic E-state index is 12.5. The molecule has 0 aliphatic carbocycles. The molecular weight excluding hydrogens is 396 g/mol. The number of hydrogen-bond donors (Lipinski definition) is 0. The minimum absolute atomic E-state index is 0.211. The van der Waals surface area contributed by atoms with Gasteiger partial charge in [0, 0.05) is 26.2 Å². The molecule has 29 heavy (non-hydrogen) atoms. The lowest BCUT2D eigenvalue weighted by Crippen LogP contribution is -2.50. The number of ether oxygens (including phenoxy) is 3. The molecule has 0 unspecified atom stereocenters. The molecule has 1 amide bonds. The lowest BCUT2D eigenvalue weighted by molar-refractivity contribution is -0.134. The van der Waals surface area contributed by atoms with E-state index in [1.54, 1.807) is 23.1 Å². The van der Waals surface area contributed by atoms with Gasteiger partial charge in [-0.15, -0.1) is 0 Å². The number of carbonyl (C=O) groups excluding carboxylic acids is 2. The smallest absolute Gasteiger partial charge is 0.342 e. The molecule has 3 rings (SSSR count). The fraction of sp³-hybridized carbons (Fsp3) is 0.333. The largest absolute Gasteiger partial charge is 0.493 e. The van der Waals surface area contributed by atoms with Crippen molar-refractivity contribution < 1.29 is 23.8 Å². The van der Waals surface area contributed by atoms with Crippen LogP contribution in [0, 0.1) is 0 Å². The van der Waals surface area contributed by atoms with Gasteiger partial charge in [-0.3, -0.25) is 4.79 Å². The van der Waals surface area contributed by atoms with Gasteiger partial charge in [0.05, 0.1) is 24.9 Å². The monoisotopic (exact) mass is 418 g/mol. The topological polar surface area (TPSA) is 68.3 Å². The van der Waals surface area contributed by atoms with Gasteiger partial charge >= 0.3 is 5.97 Å². The van der Waals surface area contributed by atoms with E-state index in [0.29, 0.717) is 37.0 Å². The number of rotatable bonds is 6. The second kappa shape index (κ2) is 9.52. The first kappa shape index (κ1) is 20.8. The van der Waals surface area contributed by atoms with Gasteiger partial charge in [-0.2, -0.15) is 0 Å². The number of carbonyl (C=O) groups is 2. The van der Waals surface area contributed by atoms with E-state index < -0.39 is 5.97 Å². The summed E-state index contributed by atoms with van der Waals surface area (Å²) >= 11 is 6.25. The van der Waals surface area contributed by atoms with Crippen molar-refractivity contribution in [2.75, 3.05) is 51.9 Å². The number of methoxy groups -OCH3 is 2. The van der Waals surface area contributed by atoms with Crippen molar-refractivity contribution in [3.05, 3.63) is 53.1 Å². The molecule has 8 heteroatoms. The molecule has 0 atom stereocenters. The molecule has 154 valence electrons. The predicted octanol–water partition coefficient (Wildman–Crippen LogP) is 2.86. The van der Waals surface area contributed by atoms with Gasteiger partial charge in [0.2, 0.25) is 0 Å². The summed E-state index contributed by atoms with van der Waals surface area (Å²) in [7, 11) is 2.93. The maximum absolute atomic E-state index is 12.5. The highest BCUT2D eigenvalue weighted by Crippen LogP contribution is 2.31. The Balaban J connectivity index is 1.54. The number of piperazine rings is 1. The minimum Gasteiger partial charge on any atom is -0.493 e. The van der Waals surface area contributed by atoms with Gasteiger partial charge < -0.3 is 24.0 Å². The Morgan fingerprint density at radius 1 is 0.966 bits per heavy atom. The lowest BCUT2D eigenvalue weighted by Gasteiger charge is -2.36. The van der Waals surface area contributed by atoms with Gasteiger partial charge in [-0.25, -0.2) is 4.79 Å². The summed E-state index contributed by atoms with van der Waals surface area (Å²) in [6.45, 7) is 2.06. The van der Waals surface area contributed by atoms with E-state index in [9.17, 15) is 9.59 Å². The number of halogens is 1. The number of nitrogens with zero attached hydrogens (tertiary/aromatic N) is 2. The highest BCUT2D eigenvalue weighted by atomic mass is 35.5. The van der Waals surface area contributed by atoms with E-state index in [0.717, 1.165) is 5.69 Å². The zero-order valence-electron chi connectivity index (χ0n) is 16.4. The lowest BCUT2D eigenvalue weighted by atomic mass is 10.2. The van der Waals surface area contributed by atoms with Crippen molar-refractivity contribution >= 4 is 29.2 Å². The zero-order chi connectivity index (χ0) is 20.8. The van der Waals surface area contributed by atoms with Crippen molar-refractivity contribution in [2.24, 2.45) is 0 Å². The second-order valence-corrected chi connectivity index (χ2v) is 6.84. The highest BCUT2D eigenvalue weighted by molar-refractivity contribution is 6.33. The quantitative estimate of drug-likeness (QED) is 0.672. The summed E-state index contributed by atoms with van der Waals surface area (Å²) < 4.78 is 15.6. The predicted molar refractivity (Wildman–Crippen MR) is 110 cm³/mol. The fourth-order valence-electron chi connectivity index (χ4n) is 3.25. The molecule has 0 aromatic heterocycles. The normalized spacial score (nSPS) is 13.8. The molecular formula is C21H23ClN2O5. The van der Waals surface area contributed by atoms with E-state index >= 15 is 0 Å². The number of amides is 1. The number of benzene rings is 2. The van der Waals surface area contributed by atoms with Crippen molar-refractivity contribution in [2.45, 2.75) is 0 Å². The Labute approximate surface area is 174 Å². The standard InChI is InChI=1S/C21H23ClN2O5/c1-27-18-9-5-6-15(20(18)28-2)21(26)29-14-19(25)24-12-10-23(11-13-24)17-8-4-3-7-16(17)22/h3-9H,10-14H2,1-2H3. The average Bonchev–Trinajstić information content (AvgIpc) is 2.77. The van der Waals surface area contributed by atoms with Crippen LogP contribution in [-0.4, -0.2) is 63.8 Å². The highest BCUT2D eigenvalue weighted by Gasteiger charge is 2.24. The molecule has 1 aliphatic heterocycles. The van der Waals surface area contributed by atoms with Gasteiger partial charge in [-0.05, 0) is 24.3 Å². The SMILES string of the molecule is COc1cccc(C(=O)OCC(=O)N2CCN(c3ccccc3Cl)CC2)c1OC.